The molecular weight excluding hydrogens is 284 g/mol. The number of ether oxygens (including phenoxy) is 1. The van der Waals surface area contributed by atoms with Crippen LogP contribution in [0.3, 0.4) is 0 Å². The topological polar surface area (TPSA) is 9.23 Å². The van der Waals surface area contributed by atoms with Crippen LogP contribution in [-0.2, 0) is 4.74 Å². The normalized spacial score (nSPS) is 14.3. The van der Waals surface area contributed by atoms with E-state index in [0.717, 1.165) is 6.42 Å². The fraction of sp³-hybridized carbons (Fsp3) is 0.300. The zero-order valence-corrected chi connectivity index (χ0v) is 14.8. The molecule has 2 atom stereocenters. The Morgan fingerprint density at radius 1 is 0.909 bits per heavy atom. The summed E-state index contributed by atoms with van der Waals surface area (Å²) in [5.74, 6) is 0. The van der Waals surface area contributed by atoms with Gasteiger partial charge in [-0.05, 0) is 17.5 Å². The third-order valence-corrected chi connectivity index (χ3v) is 5.78. The van der Waals surface area contributed by atoms with Crippen LogP contribution in [0.1, 0.15) is 29.4 Å². The van der Waals surface area contributed by atoms with Gasteiger partial charge >= 0.3 is 0 Å². The molecule has 0 saturated heterocycles. The molecule has 0 aliphatic rings. The van der Waals surface area contributed by atoms with E-state index in [0.29, 0.717) is 0 Å². The second kappa shape index (κ2) is 7.57. The van der Waals surface area contributed by atoms with Crippen molar-refractivity contribution in [3.8, 4) is 0 Å². The fourth-order valence-electron chi connectivity index (χ4n) is 2.66. The quantitative estimate of drug-likeness (QED) is 0.454. The van der Waals surface area contributed by atoms with E-state index in [-0.39, 0.29) is 11.8 Å². The maximum Gasteiger partial charge on any atom is 0.0863 e. The Labute approximate surface area is 135 Å². The Morgan fingerprint density at radius 2 is 1.41 bits per heavy atom. The Hall–Kier alpha value is -1.64. The van der Waals surface area contributed by atoms with Crippen molar-refractivity contribution in [1.82, 2.24) is 0 Å². The van der Waals surface area contributed by atoms with Gasteiger partial charge in [-0.3, -0.25) is 0 Å². The van der Waals surface area contributed by atoms with E-state index in [9.17, 15) is 0 Å². The summed E-state index contributed by atoms with van der Waals surface area (Å²) < 4.78 is 6.62. The molecule has 0 radical (unpaired) electrons. The van der Waals surface area contributed by atoms with Gasteiger partial charge in [-0.25, -0.2) is 0 Å². The summed E-state index contributed by atoms with van der Waals surface area (Å²) in [5, 5.41) is 0. The SMILES string of the molecule is C=CC[C@H](O[C@H](c1ccccc1)[Si](C)(C)C)c1ccccc1. The second-order valence-electron chi connectivity index (χ2n) is 6.72. The monoisotopic (exact) mass is 310 g/mol. The fourth-order valence-corrected chi connectivity index (χ4v) is 4.43. The number of hydrogen-bond acceptors (Lipinski definition) is 1. The first kappa shape index (κ1) is 16.7. The Balaban J connectivity index is 2.30. The molecule has 22 heavy (non-hydrogen) atoms. The molecule has 0 amide bonds. The molecule has 0 fully saturated rings. The summed E-state index contributed by atoms with van der Waals surface area (Å²) in [5.41, 5.74) is 2.69. The van der Waals surface area contributed by atoms with E-state index in [2.05, 4.69) is 80.8 Å². The van der Waals surface area contributed by atoms with Crippen molar-refractivity contribution in [2.75, 3.05) is 0 Å². The van der Waals surface area contributed by atoms with Gasteiger partial charge in [0.05, 0.1) is 19.9 Å². The largest absolute Gasteiger partial charge is 0.369 e. The minimum absolute atomic E-state index is 0.0654. The van der Waals surface area contributed by atoms with Gasteiger partial charge in [0.25, 0.3) is 0 Å². The van der Waals surface area contributed by atoms with Crippen molar-refractivity contribution in [1.29, 1.82) is 0 Å². The predicted octanol–water partition coefficient (Wildman–Crippen LogP) is 5.94. The zero-order chi connectivity index (χ0) is 16.0. The number of benzene rings is 2. The summed E-state index contributed by atoms with van der Waals surface area (Å²) in [7, 11) is -1.51. The molecule has 0 saturated carbocycles. The molecule has 0 spiro atoms. The van der Waals surface area contributed by atoms with Crippen molar-refractivity contribution in [2.24, 2.45) is 0 Å². The first-order valence-corrected chi connectivity index (χ1v) is 11.5. The average molecular weight is 311 g/mol. The Morgan fingerprint density at radius 3 is 1.86 bits per heavy atom. The van der Waals surface area contributed by atoms with Crippen molar-refractivity contribution in [3.63, 3.8) is 0 Å². The molecule has 0 aliphatic heterocycles. The van der Waals surface area contributed by atoms with Gasteiger partial charge in [0.1, 0.15) is 0 Å². The predicted molar refractivity (Wildman–Crippen MR) is 97.6 cm³/mol. The van der Waals surface area contributed by atoms with Crippen molar-refractivity contribution in [3.05, 3.63) is 84.4 Å². The smallest absolute Gasteiger partial charge is 0.0863 e. The molecule has 1 nitrogen and oxygen atoms in total. The molecule has 0 N–H and O–H groups in total. The Kier molecular flexibility index (Phi) is 5.75. The van der Waals surface area contributed by atoms with E-state index < -0.39 is 8.07 Å². The number of hydrogen-bond donors (Lipinski definition) is 0. The van der Waals surface area contributed by atoms with Gasteiger partial charge < -0.3 is 4.74 Å². The van der Waals surface area contributed by atoms with E-state index in [1.807, 2.05) is 12.1 Å². The maximum absolute atomic E-state index is 6.62. The first-order valence-electron chi connectivity index (χ1n) is 7.88. The lowest BCUT2D eigenvalue weighted by molar-refractivity contribution is 0.0248. The summed E-state index contributed by atoms with van der Waals surface area (Å²) in [4.78, 5) is 0. The lowest BCUT2D eigenvalue weighted by atomic mass is 10.1. The lowest BCUT2D eigenvalue weighted by Gasteiger charge is -2.33. The van der Waals surface area contributed by atoms with Crippen molar-refractivity contribution in [2.45, 2.75) is 37.9 Å². The van der Waals surface area contributed by atoms with Gasteiger partial charge in [0.2, 0.25) is 0 Å². The van der Waals surface area contributed by atoms with Crippen LogP contribution < -0.4 is 0 Å². The molecule has 0 aliphatic carbocycles. The summed E-state index contributed by atoms with van der Waals surface area (Å²) in [6, 6.07) is 21.1. The van der Waals surface area contributed by atoms with Gasteiger partial charge in [-0.15, -0.1) is 6.58 Å². The van der Waals surface area contributed by atoms with Crippen LogP contribution in [0.4, 0.5) is 0 Å². The van der Waals surface area contributed by atoms with Gasteiger partial charge in [-0.1, -0.05) is 86.4 Å². The standard InChI is InChI=1S/C20H26OSi/c1-5-12-19(17-13-8-6-9-14-17)21-20(22(2,3)4)18-15-10-7-11-16-18/h5-11,13-16,19-20H,1,12H2,2-4H3/t19-,20-/m0/s1. The van der Waals surface area contributed by atoms with E-state index >= 15 is 0 Å². The van der Waals surface area contributed by atoms with Gasteiger partial charge in [-0.2, -0.15) is 0 Å². The highest BCUT2D eigenvalue weighted by Crippen LogP contribution is 2.35. The molecule has 0 heterocycles. The van der Waals surface area contributed by atoms with Crippen LogP contribution >= 0.6 is 0 Å². The van der Waals surface area contributed by atoms with Gasteiger partial charge in [0, 0.05) is 0 Å². The molecule has 2 aromatic carbocycles. The van der Waals surface area contributed by atoms with Crippen molar-refractivity contribution >= 4 is 8.07 Å². The molecule has 0 bridgehead atoms. The van der Waals surface area contributed by atoms with Crippen LogP contribution in [0.15, 0.2) is 73.3 Å². The maximum atomic E-state index is 6.62. The third kappa shape index (κ3) is 4.42. The van der Waals surface area contributed by atoms with E-state index in [1.165, 1.54) is 11.1 Å². The van der Waals surface area contributed by atoms with Crippen LogP contribution in [-0.4, -0.2) is 8.07 Å². The minimum Gasteiger partial charge on any atom is -0.369 e. The second-order valence-corrected chi connectivity index (χ2v) is 12.0. The summed E-state index contributed by atoms with van der Waals surface area (Å²) in [6.07, 6.45) is 2.84. The summed E-state index contributed by atoms with van der Waals surface area (Å²) in [6.45, 7) is 11.0. The molecule has 2 aromatic rings. The van der Waals surface area contributed by atoms with Crippen LogP contribution in [0.5, 0.6) is 0 Å². The minimum atomic E-state index is -1.51. The highest BCUT2D eigenvalue weighted by Gasteiger charge is 2.31. The highest BCUT2D eigenvalue weighted by atomic mass is 28.3. The summed E-state index contributed by atoms with van der Waals surface area (Å²) >= 11 is 0. The molecule has 0 unspecified atom stereocenters. The Bertz CT molecular complexity index is 572. The third-order valence-electron chi connectivity index (χ3n) is 3.74. The molecule has 116 valence electrons. The van der Waals surface area contributed by atoms with Crippen LogP contribution in [0, 0.1) is 0 Å². The molecule has 0 aromatic heterocycles. The van der Waals surface area contributed by atoms with Crippen molar-refractivity contribution < 1.29 is 4.74 Å². The van der Waals surface area contributed by atoms with Crippen LogP contribution in [0.25, 0.3) is 0 Å². The average Bonchev–Trinajstić information content (AvgIpc) is 2.52. The highest BCUT2D eigenvalue weighted by molar-refractivity contribution is 6.77. The zero-order valence-electron chi connectivity index (χ0n) is 13.8. The van der Waals surface area contributed by atoms with Crippen LogP contribution in [0.2, 0.25) is 19.6 Å². The van der Waals surface area contributed by atoms with Gasteiger partial charge in [0.15, 0.2) is 0 Å². The lowest BCUT2D eigenvalue weighted by Crippen LogP contribution is -2.34. The molecule has 2 rings (SSSR count). The van der Waals surface area contributed by atoms with E-state index in [1.54, 1.807) is 0 Å². The molecular formula is C20H26OSi. The number of rotatable bonds is 7. The first-order chi connectivity index (χ1) is 10.5. The molecule has 2 heteroatoms. The van der Waals surface area contributed by atoms with E-state index in [4.69, 9.17) is 4.74 Å².